The van der Waals surface area contributed by atoms with Crippen LogP contribution in [0.4, 0.5) is 0 Å². The van der Waals surface area contributed by atoms with Crippen LogP contribution < -0.4 is 5.32 Å². The Morgan fingerprint density at radius 3 is 3.22 bits per heavy atom. The molecule has 5 rings (SSSR count). The number of nitrogens with zero attached hydrogens (tertiary/aromatic N) is 5. The Hall–Kier alpha value is -2.87. The fourth-order valence-electron chi connectivity index (χ4n) is 3.75. The summed E-state index contributed by atoms with van der Waals surface area (Å²) in [6, 6.07) is 3.75. The van der Waals surface area contributed by atoms with Crippen LogP contribution in [0.2, 0.25) is 0 Å². The van der Waals surface area contributed by atoms with Gasteiger partial charge in [-0.2, -0.15) is 0 Å². The van der Waals surface area contributed by atoms with Crippen molar-refractivity contribution in [3.8, 4) is 0 Å². The van der Waals surface area contributed by atoms with Crippen LogP contribution >= 0.6 is 11.3 Å². The van der Waals surface area contributed by atoms with Crippen molar-refractivity contribution in [2.24, 2.45) is 0 Å². The average Bonchev–Trinajstić information content (AvgIpc) is 3.28. The molecule has 1 amide bonds. The predicted molar refractivity (Wildman–Crippen MR) is 103 cm³/mol. The number of aryl methyl sites for hydroxylation is 1. The lowest BCUT2D eigenvalue weighted by molar-refractivity contribution is 0.0940. The van der Waals surface area contributed by atoms with Gasteiger partial charge in [0.25, 0.3) is 5.91 Å². The molecule has 136 valence electrons. The third kappa shape index (κ3) is 2.76. The van der Waals surface area contributed by atoms with Crippen molar-refractivity contribution in [3.63, 3.8) is 0 Å². The summed E-state index contributed by atoms with van der Waals surface area (Å²) in [5.41, 5.74) is 2.99. The zero-order valence-electron chi connectivity index (χ0n) is 14.8. The number of fused-ring (bicyclic) bond motifs is 5. The van der Waals surface area contributed by atoms with Crippen LogP contribution in [0, 0.1) is 0 Å². The van der Waals surface area contributed by atoms with E-state index in [4.69, 9.17) is 0 Å². The molecule has 0 unspecified atom stereocenters. The summed E-state index contributed by atoms with van der Waals surface area (Å²) >= 11 is 1.74. The molecular formula is C19H18N6OS. The van der Waals surface area contributed by atoms with Gasteiger partial charge in [0.1, 0.15) is 11.2 Å². The lowest BCUT2D eigenvalue weighted by Crippen LogP contribution is -2.24. The normalized spacial score (nSPS) is 16.6. The highest BCUT2D eigenvalue weighted by Crippen LogP contribution is 2.42. The minimum atomic E-state index is -0.298. The minimum absolute atomic E-state index is 0.164. The first-order chi connectivity index (χ1) is 13.2. The van der Waals surface area contributed by atoms with E-state index < -0.39 is 0 Å². The van der Waals surface area contributed by atoms with Crippen molar-refractivity contribution in [1.29, 1.82) is 0 Å². The number of carbonyl (C=O) groups is 1. The van der Waals surface area contributed by atoms with E-state index in [1.54, 1.807) is 34.6 Å². The van der Waals surface area contributed by atoms with E-state index in [0.29, 0.717) is 12.5 Å². The Morgan fingerprint density at radius 1 is 1.44 bits per heavy atom. The van der Waals surface area contributed by atoms with Gasteiger partial charge in [0.15, 0.2) is 5.65 Å². The van der Waals surface area contributed by atoms with Gasteiger partial charge in [-0.05, 0) is 42.4 Å². The average molecular weight is 378 g/mol. The lowest BCUT2D eigenvalue weighted by atomic mass is 9.87. The monoisotopic (exact) mass is 378 g/mol. The first-order valence-electron chi connectivity index (χ1n) is 9.04. The Bertz CT molecular complexity index is 1150. The molecule has 27 heavy (non-hydrogen) atoms. The molecule has 1 aliphatic carbocycles. The highest BCUT2D eigenvalue weighted by molar-refractivity contribution is 7.19. The first kappa shape index (κ1) is 16.3. The topological polar surface area (TPSA) is 85.1 Å². The van der Waals surface area contributed by atoms with Gasteiger partial charge in [0, 0.05) is 23.8 Å². The van der Waals surface area contributed by atoms with Crippen molar-refractivity contribution in [2.75, 3.05) is 0 Å². The Labute approximate surface area is 159 Å². The number of amides is 1. The Balaban J connectivity index is 1.52. The Kier molecular flexibility index (Phi) is 3.86. The number of hydrogen-bond acceptors (Lipinski definition) is 6. The fraction of sp³-hybridized carbons (Fsp3) is 0.316. The van der Waals surface area contributed by atoms with Crippen LogP contribution in [-0.2, 0) is 13.0 Å². The summed E-state index contributed by atoms with van der Waals surface area (Å²) < 4.78 is 1.62. The maximum Gasteiger partial charge on any atom is 0.291 e. The molecule has 0 saturated carbocycles. The standard InChI is InChI=1S/C19H18N6OS/c1-11-4-2-6-13-14(11)15-17-23-16(24-25(17)10-22-19(15)27-13)18(26)21-9-12-5-3-7-20-8-12/h3,5,7-8,10-11H,2,4,6,9H2,1H3,(H,21,26)/t11-/m0/s1. The van der Waals surface area contributed by atoms with Gasteiger partial charge < -0.3 is 5.32 Å². The van der Waals surface area contributed by atoms with E-state index in [0.717, 1.165) is 27.8 Å². The van der Waals surface area contributed by atoms with E-state index in [1.165, 1.54) is 23.3 Å². The zero-order valence-corrected chi connectivity index (χ0v) is 15.7. The molecule has 1 aliphatic rings. The second-order valence-corrected chi connectivity index (χ2v) is 7.99. The molecule has 1 atom stereocenters. The van der Waals surface area contributed by atoms with E-state index in [-0.39, 0.29) is 11.7 Å². The van der Waals surface area contributed by atoms with Crippen LogP contribution in [0.25, 0.3) is 15.9 Å². The van der Waals surface area contributed by atoms with Crippen molar-refractivity contribution < 1.29 is 4.79 Å². The molecule has 4 heterocycles. The number of hydrogen-bond donors (Lipinski definition) is 1. The van der Waals surface area contributed by atoms with Gasteiger partial charge >= 0.3 is 0 Å². The molecule has 4 aromatic heterocycles. The Morgan fingerprint density at radius 2 is 2.37 bits per heavy atom. The maximum absolute atomic E-state index is 12.5. The fourth-order valence-corrected chi connectivity index (χ4v) is 5.04. The summed E-state index contributed by atoms with van der Waals surface area (Å²) in [6.07, 6.45) is 8.56. The van der Waals surface area contributed by atoms with Gasteiger partial charge in [-0.3, -0.25) is 9.78 Å². The van der Waals surface area contributed by atoms with Gasteiger partial charge in [-0.25, -0.2) is 14.5 Å². The van der Waals surface area contributed by atoms with Crippen molar-refractivity contribution >= 4 is 33.1 Å². The van der Waals surface area contributed by atoms with Crippen molar-refractivity contribution in [3.05, 3.63) is 52.7 Å². The number of aromatic nitrogens is 5. The number of pyridine rings is 1. The van der Waals surface area contributed by atoms with Crippen LogP contribution in [0.3, 0.4) is 0 Å². The van der Waals surface area contributed by atoms with Gasteiger partial charge in [0.05, 0.1) is 5.39 Å². The molecule has 8 heteroatoms. The molecule has 0 aliphatic heterocycles. The van der Waals surface area contributed by atoms with Crippen LogP contribution in [-0.4, -0.2) is 30.5 Å². The van der Waals surface area contributed by atoms with Crippen LogP contribution in [0.5, 0.6) is 0 Å². The number of nitrogens with one attached hydrogen (secondary N) is 1. The number of thiophene rings is 1. The second kappa shape index (κ2) is 6.38. The minimum Gasteiger partial charge on any atom is -0.345 e. The molecule has 0 aromatic carbocycles. The number of carbonyl (C=O) groups excluding carboxylic acids is 1. The summed E-state index contributed by atoms with van der Waals surface area (Å²) in [6.45, 7) is 2.65. The van der Waals surface area contributed by atoms with Crippen LogP contribution in [0.15, 0.2) is 30.9 Å². The van der Waals surface area contributed by atoms with E-state index >= 15 is 0 Å². The third-order valence-electron chi connectivity index (χ3n) is 5.06. The smallest absolute Gasteiger partial charge is 0.291 e. The second-order valence-electron chi connectivity index (χ2n) is 6.90. The van der Waals surface area contributed by atoms with E-state index in [9.17, 15) is 4.79 Å². The van der Waals surface area contributed by atoms with E-state index in [2.05, 4.69) is 32.3 Å². The molecule has 0 radical (unpaired) electrons. The lowest BCUT2D eigenvalue weighted by Gasteiger charge is -2.18. The highest BCUT2D eigenvalue weighted by atomic mass is 32.1. The summed E-state index contributed by atoms with van der Waals surface area (Å²) in [5.74, 6) is 0.347. The molecule has 0 spiro atoms. The summed E-state index contributed by atoms with van der Waals surface area (Å²) in [7, 11) is 0. The molecule has 7 nitrogen and oxygen atoms in total. The quantitative estimate of drug-likeness (QED) is 0.592. The van der Waals surface area contributed by atoms with Crippen LogP contribution in [0.1, 0.15) is 52.3 Å². The first-order valence-corrected chi connectivity index (χ1v) is 9.86. The zero-order chi connectivity index (χ0) is 18.4. The predicted octanol–water partition coefficient (Wildman–Crippen LogP) is 3.10. The molecule has 4 aromatic rings. The molecular weight excluding hydrogens is 360 g/mol. The molecule has 0 saturated heterocycles. The van der Waals surface area contributed by atoms with Gasteiger partial charge in [-0.1, -0.05) is 13.0 Å². The SMILES string of the molecule is C[C@H]1CCCc2sc3ncn4nc(C(=O)NCc5cccnc5)nc4c3c21. The maximum atomic E-state index is 12.5. The molecule has 0 bridgehead atoms. The highest BCUT2D eigenvalue weighted by Gasteiger charge is 2.25. The van der Waals surface area contributed by atoms with Gasteiger partial charge in [0.2, 0.25) is 5.82 Å². The van der Waals surface area contributed by atoms with Crippen molar-refractivity contribution in [1.82, 2.24) is 29.9 Å². The molecule has 0 fully saturated rings. The third-order valence-corrected chi connectivity index (χ3v) is 6.23. The largest absolute Gasteiger partial charge is 0.345 e. The summed E-state index contributed by atoms with van der Waals surface area (Å²) in [4.78, 5) is 28.1. The van der Waals surface area contributed by atoms with E-state index in [1.807, 2.05) is 12.1 Å². The number of rotatable bonds is 3. The molecule has 1 N–H and O–H groups in total. The van der Waals surface area contributed by atoms with Crippen molar-refractivity contribution in [2.45, 2.75) is 38.6 Å². The van der Waals surface area contributed by atoms with Gasteiger partial charge in [-0.15, -0.1) is 16.4 Å². The summed E-state index contributed by atoms with van der Waals surface area (Å²) in [5, 5.41) is 8.26.